The summed E-state index contributed by atoms with van der Waals surface area (Å²) >= 11 is 0. The minimum atomic E-state index is -0.643. The monoisotopic (exact) mass is 502 g/mol. The third-order valence-electron chi connectivity index (χ3n) is 5.57. The lowest BCUT2D eigenvalue weighted by atomic mass is 9.93. The van der Waals surface area contributed by atoms with Gasteiger partial charge in [-0.05, 0) is 71.6 Å². The normalized spacial score (nSPS) is 10.5. The first-order valence-electron chi connectivity index (χ1n) is 11.6. The summed E-state index contributed by atoms with van der Waals surface area (Å²) in [4.78, 5) is 38.7. The van der Waals surface area contributed by atoms with Crippen LogP contribution in [0.2, 0.25) is 0 Å². The van der Waals surface area contributed by atoms with E-state index in [1.807, 2.05) is 13.8 Å². The van der Waals surface area contributed by atoms with E-state index in [0.717, 1.165) is 0 Å². The number of esters is 1. The van der Waals surface area contributed by atoms with Crippen molar-refractivity contribution in [2.45, 2.75) is 13.8 Å². The number of nitrogens with two attached hydrogens (primary N) is 1. The van der Waals surface area contributed by atoms with E-state index in [1.54, 1.807) is 54.6 Å². The van der Waals surface area contributed by atoms with Crippen molar-refractivity contribution in [1.82, 2.24) is 5.32 Å². The second-order valence-electron chi connectivity index (χ2n) is 8.71. The molecule has 9 nitrogen and oxygen atoms in total. The molecule has 0 bridgehead atoms. The Balaban J connectivity index is 2.05. The number of nitrogens with one attached hydrogen (secondary N) is 3. The molecule has 192 valence electrons. The molecule has 5 N–H and O–H groups in total. The van der Waals surface area contributed by atoms with Crippen LogP contribution in [-0.4, -0.2) is 44.4 Å². The standard InChI is InChI=1S/C28H30N4O5/c1-16(2)15-31-26(33)18-7-11-22(24(13-18)28(35)37-4)21-12-10-20(36-3)14-23(21)27(34)32-19-8-5-17(6-9-19)25(29)30/h5-14,16H,15H2,1-4H3,(H3,29,30)(H,31,33)(H,32,34). The first-order chi connectivity index (χ1) is 17.6. The van der Waals surface area contributed by atoms with Crippen molar-refractivity contribution in [1.29, 1.82) is 5.41 Å². The quantitative estimate of drug-likeness (QED) is 0.197. The molecule has 3 rings (SSSR count). The van der Waals surface area contributed by atoms with Gasteiger partial charge in [0.1, 0.15) is 11.6 Å². The average Bonchev–Trinajstić information content (AvgIpc) is 2.90. The smallest absolute Gasteiger partial charge is 0.338 e. The van der Waals surface area contributed by atoms with Crippen LogP contribution in [0.1, 0.15) is 50.5 Å². The third kappa shape index (κ3) is 6.52. The molecule has 0 aliphatic carbocycles. The number of amides is 2. The molecule has 0 saturated carbocycles. The first-order valence-corrected chi connectivity index (χ1v) is 11.6. The van der Waals surface area contributed by atoms with Gasteiger partial charge >= 0.3 is 5.97 Å². The Morgan fingerprint density at radius 2 is 1.49 bits per heavy atom. The number of hydrogen-bond acceptors (Lipinski definition) is 6. The lowest BCUT2D eigenvalue weighted by Gasteiger charge is -2.16. The van der Waals surface area contributed by atoms with Crippen molar-refractivity contribution in [3.05, 3.63) is 82.9 Å². The number of hydrogen-bond donors (Lipinski definition) is 4. The molecule has 37 heavy (non-hydrogen) atoms. The highest BCUT2D eigenvalue weighted by Crippen LogP contribution is 2.32. The largest absolute Gasteiger partial charge is 0.497 e. The van der Waals surface area contributed by atoms with Crippen molar-refractivity contribution in [2.24, 2.45) is 11.7 Å². The molecule has 9 heteroatoms. The number of methoxy groups -OCH3 is 2. The van der Waals surface area contributed by atoms with Gasteiger partial charge < -0.3 is 25.8 Å². The molecule has 0 unspecified atom stereocenters. The number of anilines is 1. The minimum absolute atomic E-state index is 0.0790. The van der Waals surface area contributed by atoms with Gasteiger partial charge in [0.2, 0.25) is 0 Å². The summed E-state index contributed by atoms with van der Waals surface area (Å²) < 4.78 is 10.3. The van der Waals surface area contributed by atoms with Gasteiger partial charge in [0.25, 0.3) is 11.8 Å². The molecule has 2 amide bonds. The fourth-order valence-corrected chi connectivity index (χ4v) is 3.60. The van der Waals surface area contributed by atoms with E-state index in [1.165, 1.54) is 20.3 Å². The van der Waals surface area contributed by atoms with Gasteiger partial charge in [0.15, 0.2) is 0 Å². The van der Waals surface area contributed by atoms with Gasteiger partial charge in [-0.25, -0.2) is 4.79 Å². The summed E-state index contributed by atoms with van der Waals surface area (Å²) in [5.41, 5.74) is 8.09. The number of ether oxygens (including phenoxy) is 2. The summed E-state index contributed by atoms with van der Waals surface area (Å²) in [6.07, 6.45) is 0. The summed E-state index contributed by atoms with van der Waals surface area (Å²) in [6, 6.07) is 16.1. The molecule has 0 atom stereocenters. The van der Waals surface area contributed by atoms with Gasteiger partial charge in [-0.3, -0.25) is 15.0 Å². The number of benzene rings is 3. The van der Waals surface area contributed by atoms with Gasteiger partial charge in [0.05, 0.1) is 25.3 Å². The maximum Gasteiger partial charge on any atom is 0.338 e. The van der Waals surface area contributed by atoms with E-state index >= 15 is 0 Å². The Labute approximate surface area is 215 Å². The summed E-state index contributed by atoms with van der Waals surface area (Å²) in [5.74, 6) is -0.765. The maximum atomic E-state index is 13.4. The fraction of sp³-hybridized carbons (Fsp3) is 0.214. The van der Waals surface area contributed by atoms with Crippen LogP contribution in [0.4, 0.5) is 5.69 Å². The first kappa shape index (κ1) is 26.9. The van der Waals surface area contributed by atoms with Gasteiger partial charge in [-0.1, -0.05) is 19.9 Å². The number of carbonyl (C=O) groups excluding carboxylic acids is 3. The second kappa shape index (κ2) is 11.9. The highest BCUT2D eigenvalue weighted by atomic mass is 16.5. The Morgan fingerprint density at radius 1 is 0.865 bits per heavy atom. The maximum absolute atomic E-state index is 13.4. The Hall–Kier alpha value is -4.66. The predicted octanol–water partition coefficient (Wildman–Crippen LogP) is 4.07. The van der Waals surface area contributed by atoms with Gasteiger partial charge in [-0.15, -0.1) is 0 Å². The number of nitrogen functional groups attached to an aromatic ring is 1. The number of amidine groups is 1. The Kier molecular flexibility index (Phi) is 8.63. The SMILES string of the molecule is COC(=O)c1cc(C(=O)NCC(C)C)ccc1-c1ccc(OC)cc1C(=O)Nc1ccc(C(=N)N)cc1. The molecule has 0 aliphatic rings. The molecule has 3 aromatic carbocycles. The van der Waals surface area contributed by atoms with E-state index in [-0.39, 0.29) is 28.8 Å². The van der Waals surface area contributed by atoms with E-state index < -0.39 is 11.9 Å². The predicted molar refractivity (Wildman–Crippen MR) is 142 cm³/mol. The Bertz CT molecular complexity index is 1330. The van der Waals surface area contributed by atoms with Crippen molar-refractivity contribution < 1.29 is 23.9 Å². The summed E-state index contributed by atoms with van der Waals surface area (Å²) in [7, 11) is 2.74. The molecule has 0 fully saturated rings. The van der Waals surface area contributed by atoms with Crippen LogP contribution in [0.15, 0.2) is 60.7 Å². The molecular formula is C28H30N4O5. The lowest BCUT2D eigenvalue weighted by Crippen LogP contribution is -2.27. The minimum Gasteiger partial charge on any atom is -0.497 e. The Morgan fingerprint density at radius 3 is 2.08 bits per heavy atom. The van der Waals surface area contributed by atoms with Crippen molar-refractivity contribution in [3.8, 4) is 16.9 Å². The van der Waals surface area contributed by atoms with Crippen LogP contribution in [0.3, 0.4) is 0 Å². The number of carbonyl (C=O) groups is 3. The van der Waals surface area contributed by atoms with E-state index in [0.29, 0.717) is 40.2 Å². The third-order valence-corrected chi connectivity index (χ3v) is 5.57. The fourth-order valence-electron chi connectivity index (χ4n) is 3.60. The highest BCUT2D eigenvalue weighted by molar-refractivity contribution is 6.11. The van der Waals surface area contributed by atoms with Crippen LogP contribution in [0.5, 0.6) is 5.75 Å². The second-order valence-corrected chi connectivity index (χ2v) is 8.71. The summed E-state index contributed by atoms with van der Waals surface area (Å²) in [5, 5.41) is 13.2. The molecule has 0 aliphatic heterocycles. The zero-order valence-electron chi connectivity index (χ0n) is 21.2. The number of rotatable bonds is 9. The van der Waals surface area contributed by atoms with Crippen LogP contribution in [0, 0.1) is 11.3 Å². The molecule has 0 saturated heterocycles. The zero-order chi connectivity index (χ0) is 27.1. The van der Waals surface area contributed by atoms with Crippen molar-refractivity contribution in [2.75, 3.05) is 26.1 Å². The van der Waals surface area contributed by atoms with E-state index in [2.05, 4.69) is 10.6 Å². The zero-order valence-corrected chi connectivity index (χ0v) is 21.2. The van der Waals surface area contributed by atoms with Gasteiger partial charge in [-0.2, -0.15) is 0 Å². The van der Waals surface area contributed by atoms with Crippen molar-refractivity contribution in [3.63, 3.8) is 0 Å². The molecule has 0 heterocycles. The highest BCUT2D eigenvalue weighted by Gasteiger charge is 2.22. The summed E-state index contributed by atoms with van der Waals surface area (Å²) in [6.45, 7) is 4.46. The topological polar surface area (TPSA) is 144 Å². The van der Waals surface area contributed by atoms with Crippen molar-refractivity contribution >= 4 is 29.3 Å². The van der Waals surface area contributed by atoms with Crippen LogP contribution >= 0.6 is 0 Å². The molecule has 3 aromatic rings. The van der Waals surface area contributed by atoms with E-state index in [9.17, 15) is 14.4 Å². The van der Waals surface area contributed by atoms with Gasteiger partial charge in [0, 0.05) is 23.4 Å². The lowest BCUT2D eigenvalue weighted by molar-refractivity contribution is 0.0601. The molecule has 0 radical (unpaired) electrons. The molecule has 0 spiro atoms. The van der Waals surface area contributed by atoms with Crippen LogP contribution in [0.25, 0.3) is 11.1 Å². The van der Waals surface area contributed by atoms with Crippen LogP contribution in [-0.2, 0) is 4.74 Å². The van der Waals surface area contributed by atoms with E-state index in [4.69, 9.17) is 20.6 Å². The molecular weight excluding hydrogens is 472 g/mol. The average molecular weight is 503 g/mol. The van der Waals surface area contributed by atoms with Crippen LogP contribution < -0.4 is 21.1 Å². The molecule has 0 aromatic heterocycles.